The smallest absolute Gasteiger partial charge is 0.296 e. The van der Waals surface area contributed by atoms with E-state index < -0.39 is 10.1 Å². The lowest BCUT2D eigenvalue weighted by Crippen LogP contribution is -2.08. The molecule has 6 heteroatoms. The third kappa shape index (κ3) is 3.90. The van der Waals surface area contributed by atoms with Gasteiger partial charge in [0.2, 0.25) is 0 Å². The van der Waals surface area contributed by atoms with Crippen molar-refractivity contribution in [2.24, 2.45) is 0 Å². The first kappa shape index (κ1) is 13.8. The Kier molecular flexibility index (Phi) is 4.34. The van der Waals surface area contributed by atoms with Gasteiger partial charge in [0.05, 0.1) is 17.7 Å². The molecule has 0 fully saturated rings. The monoisotopic (exact) mass is 281 g/mol. The molecule has 0 aliphatic carbocycles. The lowest BCUT2D eigenvalue weighted by Gasteiger charge is -2.05. The van der Waals surface area contributed by atoms with Crippen molar-refractivity contribution in [3.63, 3.8) is 0 Å². The van der Waals surface area contributed by atoms with E-state index in [1.54, 1.807) is 30.5 Å². The molecule has 1 aromatic carbocycles. The molecule has 0 radical (unpaired) electrons. The highest BCUT2D eigenvalue weighted by Gasteiger charge is 2.14. The van der Waals surface area contributed by atoms with Crippen LogP contribution >= 0.6 is 0 Å². The van der Waals surface area contributed by atoms with Crippen LogP contribution in [0.15, 0.2) is 46.0 Å². The van der Waals surface area contributed by atoms with E-state index >= 15 is 0 Å². The van der Waals surface area contributed by atoms with Crippen molar-refractivity contribution in [1.29, 1.82) is 0 Å². The van der Waals surface area contributed by atoms with Gasteiger partial charge >= 0.3 is 0 Å². The molecule has 0 saturated heterocycles. The molecule has 0 unspecified atom stereocenters. The summed E-state index contributed by atoms with van der Waals surface area (Å²) >= 11 is 0. The summed E-state index contributed by atoms with van der Waals surface area (Å²) in [5.41, 5.74) is 1.00. The molecule has 0 amide bonds. The Hall–Kier alpha value is -1.66. The Morgan fingerprint density at radius 1 is 1.26 bits per heavy atom. The van der Waals surface area contributed by atoms with Gasteiger partial charge in [0.25, 0.3) is 10.1 Å². The van der Waals surface area contributed by atoms with Gasteiger partial charge in [-0.2, -0.15) is 8.42 Å². The third-order valence-electron chi connectivity index (χ3n) is 2.57. The molecular weight excluding hydrogens is 266 g/mol. The average Bonchev–Trinajstić information content (AvgIpc) is 2.88. The molecule has 0 bridgehead atoms. The van der Waals surface area contributed by atoms with Gasteiger partial charge in [-0.1, -0.05) is 17.7 Å². The Labute approximate surface area is 112 Å². The summed E-state index contributed by atoms with van der Waals surface area (Å²) in [5.74, 6) is 0.580. The molecular formula is C13H15NO4S. The van der Waals surface area contributed by atoms with Crippen molar-refractivity contribution < 1.29 is 17.0 Å². The fourth-order valence-electron chi connectivity index (χ4n) is 1.54. The number of aromatic nitrogens is 1. The number of aryl methyl sites for hydroxylation is 2. The van der Waals surface area contributed by atoms with Gasteiger partial charge in [-0.25, -0.2) is 4.98 Å². The summed E-state index contributed by atoms with van der Waals surface area (Å²) in [4.78, 5) is 4.12. The maximum atomic E-state index is 11.8. The van der Waals surface area contributed by atoms with Crippen LogP contribution in [0.3, 0.4) is 0 Å². The fourth-order valence-corrected chi connectivity index (χ4v) is 2.48. The predicted octanol–water partition coefficient (Wildman–Crippen LogP) is 2.32. The van der Waals surface area contributed by atoms with E-state index in [9.17, 15) is 8.42 Å². The van der Waals surface area contributed by atoms with E-state index in [1.807, 2.05) is 6.92 Å². The van der Waals surface area contributed by atoms with Crippen LogP contribution in [0, 0.1) is 6.92 Å². The first-order chi connectivity index (χ1) is 9.08. The normalized spacial score (nSPS) is 11.6. The highest BCUT2D eigenvalue weighted by molar-refractivity contribution is 7.86. The Morgan fingerprint density at radius 2 is 2.00 bits per heavy atom. The van der Waals surface area contributed by atoms with Crippen molar-refractivity contribution in [2.45, 2.75) is 24.7 Å². The first-order valence-corrected chi connectivity index (χ1v) is 7.33. The van der Waals surface area contributed by atoms with Crippen molar-refractivity contribution >= 4 is 10.1 Å². The van der Waals surface area contributed by atoms with Crippen molar-refractivity contribution in [2.75, 3.05) is 6.61 Å². The summed E-state index contributed by atoms with van der Waals surface area (Å²) < 4.78 is 33.7. The van der Waals surface area contributed by atoms with Crippen LogP contribution in [-0.4, -0.2) is 20.0 Å². The second-order valence-electron chi connectivity index (χ2n) is 4.12. The molecule has 0 aliphatic heterocycles. The molecule has 0 saturated carbocycles. The fraction of sp³-hybridized carbons (Fsp3) is 0.308. The summed E-state index contributed by atoms with van der Waals surface area (Å²) in [6, 6.07) is 6.56. The third-order valence-corrected chi connectivity index (χ3v) is 3.89. The second kappa shape index (κ2) is 5.99. The minimum absolute atomic E-state index is 0.110. The first-order valence-electron chi connectivity index (χ1n) is 5.92. The standard InChI is InChI=1S/C13H15NO4S/c1-11-4-6-12(7-5-11)19(15,16)18-9-2-3-13-14-8-10-17-13/h4-8,10H,2-3,9H2,1H3. The molecule has 5 nitrogen and oxygen atoms in total. The molecule has 0 atom stereocenters. The summed E-state index contributed by atoms with van der Waals surface area (Å²) in [5, 5.41) is 0. The molecule has 2 rings (SSSR count). The maximum absolute atomic E-state index is 11.8. The summed E-state index contributed by atoms with van der Waals surface area (Å²) in [6.07, 6.45) is 4.13. The zero-order valence-corrected chi connectivity index (χ0v) is 11.4. The van der Waals surface area contributed by atoms with E-state index in [0.29, 0.717) is 18.7 Å². The van der Waals surface area contributed by atoms with Crippen LogP contribution in [-0.2, 0) is 20.7 Å². The number of hydrogen-bond acceptors (Lipinski definition) is 5. The minimum atomic E-state index is -3.67. The molecule has 1 aromatic heterocycles. The minimum Gasteiger partial charge on any atom is -0.449 e. The Bertz CT molecular complexity index is 603. The second-order valence-corrected chi connectivity index (χ2v) is 5.73. The summed E-state index contributed by atoms with van der Waals surface area (Å²) in [6.45, 7) is 2.01. The summed E-state index contributed by atoms with van der Waals surface area (Å²) in [7, 11) is -3.67. The highest BCUT2D eigenvalue weighted by atomic mass is 32.2. The molecule has 102 valence electrons. The van der Waals surface area contributed by atoms with Crippen LogP contribution < -0.4 is 0 Å². The lowest BCUT2D eigenvalue weighted by molar-refractivity contribution is 0.306. The quantitative estimate of drug-likeness (QED) is 0.600. The average molecular weight is 281 g/mol. The molecule has 2 aromatic rings. The molecule has 1 heterocycles. The van der Waals surface area contributed by atoms with Crippen molar-refractivity contribution in [1.82, 2.24) is 4.98 Å². The van der Waals surface area contributed by atoms with Gasteiger partial charge in [-0.3, -0.25) is 4.18 Å². The highest BCUT2D eigenvalue weighted by Crippen LogP contribution is 2.13. The lowest BCUT2D eigenvalue weighted by atomic mass is 10.2. The van der Waals surface area contributed by atoms with E-state index in [1.165, 1.54) is 6.26 Å². The van der Waals surface area contributed by atoms with Gasteiger partial charge < -0.3 is 4.42 Å². The number of oxazole rings is 1. The SMILES string of the molecule is Cc1ccc(S(=O)(=O)OCCCc2ncco2)cc1. The number of benzene rings is 1. The van der Waals surface area contributed by atoms with Crippen molar-refractivity contribution in [3.05, 3.63) is 48.2 Å². The topological polar surface area (TPSA) is 69.4 Å². The number of nitrogens with zero attached hydrogens (tertiary/aromatic N) is 1. The van der Waals surface area contributed by atoms with Crippen LogP contribution in [0.4, 0.5) is 0 Å². The predicted molar refractivity (Wildman–Crippen MR) is 69.1 cm³/mol. The van der Waals surface area contributed by atoms with Gasteiger partial charge in [0.1, 0.15) is 6.26 Å². The molecule has 19 heavy (non-hydrogen) atoms. The maximum Gasteiger partial charge on any atom is 0.296 e. The van der Waals surface area contributed by atoms with E-state index in [2.05, 4.69) is 4.98 Å². The van der Waals surface area contributed by atoms with E-state index in [-0.39, 0.29) is 11.5 Å². The van der Waals surface area contributed by atoms with Gasteiger partial charge in [0.15, 0.2) is 5.89 Å². The molecule has 0 spiro atoms. The Balaban J connectivity index is 1.86. The van der Waals surface area contributed by atoms with Crippen LogP contribution in [0.25, 0.3) is 0 Å². The van der Waals surface area contributed by atoms with E-state index in [4.69, 9.17) is 8.60 Å². The molecule has 0 aliphatic rings. The van der Waals surface area contributed by atoms with Gasteiger partial charge in [-0.05, 0) is 25.5 Å². The zero-order valence-electron chi connectivity index (χ0n) is 10.6. The Morgan fingerprint density at radius 3 is 2.63 bits per heavy atom. The van der Waals surface area contributed by atoms with Crippen LogP contribution in [0.5, 0.6) is 0 Å². The molecule has 0 N–H and O–H groups in total. The zero-order chi connectivity index (χ0) is 13.7. The van der Waals surface area contributed by atoms with Gasteiger partial charge in [-0.15, -0.1) is 0 Å². The van der Waals surface area contributed by atoms with Crippen molar-refractivity contribution in [3.8, 4) is 0 Å². The number of rotatable bonds is 6. The van der Waals surface area contributed by atoms with E-state index in [0.717, 1.165) is 5.56 Å². The van der Waals surface area contributed by atoms with Gasteiger partial charge in [0, 0.05) is 6.42 Å². The number of hydrogen-bond donors (Lipinski definition) is 0. The largest absolute Gasteiger partial charge is 0.449 e. The van der Waals surface area contributed by atoms with Crippen LogP contribution in [0.2, 0.25) is 0 Å². The van der Waals surface area contributed by atoms with Crippen LogP contribution in [0.1, 0.15) is 17.9 Å².